The van der Waals surface area contributed by atoms with E-state index in [1.54, 1.807) is 7.11 Å². The number of nitrogens with zero attached hydrogens (tertiary/aromatic N) is 2. The molecule has 2 rings (SSSR count). The lowest BCUT2D eigenvalue weighted by Gasteiger charge is -2.10. The Bertz CT molecular complexity index is 626. The first-order valence-electron chi connectivity index (χ1n) is 7.33. The van der Waals surface area contributed by atoms with Crippen molar-refractivity contribution in [3.63, 3.8) is 0 Å². The number of ether oxygens (including phenoxy) is 1. The Kier molecular flexibility index (Phi) is 8.64. The van der Waals surface area contributed by atoms with Gasteiger partial charge in [0.2, 0.25) is 0 Å². The van der Waals surface area contributed by atoms with Crippen LogP contribution in [0.2, 0.25) is 0 Å². The van der Waals surface area contributed by atoms with Gasteiger partial charge >= 0.3 is 0 Å². The highest BCUT2D eigenvalue weighted by Gasteiger charge is 2.03. The molecule has 0 unspecified atom stereocenters. The number of anilines is 1. The molecule has 1 aromatic carbocycles. The summed E-state index contributed by atoms with van der Waals surface area (Å²) in [5, 5.41) is 10.1. The lowest BCUT2D eigenvalue weighted by atomic mass is 10.1. The summed E-state index contributed by atoms with van der Waals surface area (Å²) in [5.74, 6) is 0.424. The van der Waals surface area contributed by atoms with Crippen LogP contribution in [-0.4, -0.2) is 29.8 Å². The molecule has 0 bridgehead atoms. The highest BCUT2D eigenvalue weighted by atomic mass is 127. The van der Waals surface area contributed by atoms with E-state index in [2.05, 4.69) is 20.5 Å². The van der Waals surface area contributed by atoms with Gasteiger partial charge in [-0.15, -0.1) is 24.0 Å². The summed E-state index contributed by atoms with van der Waals surface area (Å²) in [7, 11) is 1.67. The first-order chi connectivity index (χ1) is 10.7. The van der Waals surface area contributed by atoms with Crippen molar-refractivity contribution >= 4 is 35.6 Å². The van der Waals surface area contributed by atoms with Crippen molar-refractivity contribution in [1.82, 2.24) is 10.2 Å². The zero-order valence-corrected chi connectivity index (χ0v) is 15.8. The molecular formula is C16H24IN5O. The highest BCUT2D eigenvalue weighted by Crippen LogP contribution is 2.15. The summed E-state index contributed by atoms with van der Waals surface area (Å²) < 4.78 is 5.17. The maximum absolute atomic E-state index is 5.94. The van der Waals surface area contributed by atoms with Crippen molar-refractivity contribution in [3.05, 3.63) is 47.3 Å². The molecule has 0 atom stereocenters. The van der Waals surface area contributed by atoms with Gasteiger partial charge in [-0.3, -0.25) is 10.1 Å². The molecule has 0 radical (unpaired) electrons. The fraction of sp³-hybridized carbons (Fsp3) is 0.375. The molecule has 1 aromatic heterocycles. The molecule has 7 heteroatoms. The topological polar surface area (TPSA) is 88.3 Å². The minimum Gasteiger partial charge on any atom is -0.380 e. The summed E-state index contributed by atoms with van der Waals surface area (Å²) in [6.07, 6.45) is 3.74. The molecule has 0 spiro atoms. The third-order valence-electron chi connectivity index (χ3n) is 3.40. The third kappa shape index (κ3) is 6.19. The molecule has 0 aliphatic carbocycles. The van der Waals surface area contributed by atoms with Crippen LogP contribution in [0, 0.1) is 6.92 Å². The first kappa shape index (κ1) is 19.4. The van der Waals surface area contributed by atoms with E-state index < -0.39 is 0 Å². The normalized spacial score (nSPS) is 11.1. The number of halogens is 1. The molecule has 23 heavy (non-hydrogen) atoms. The van der Waals surface area contributed by atoms with Gasteiger partial charge in [0.05, 0.1) is 12.8 Å². The van der Waals surface area contributed by atoms with E-state index >= 15 is 0 Å². The maximum atomic E-state index is 5.94. The quantitative estimate of drug-likeness (QED) is 0.273. The van der Waals surface area contributed by atoms with Gasteiger partial charge in [0.15, 0.2) is 5.96 Å². The number of aliphatic imine (C=N–C) groups is 1. The average molecular weight is 429 g/mol. The lowest BCUT2D eigenvalue weighted by molar-refractivity contribution is 0.185. The van der Waals surface area contributed by atoms with E-state index in [-0.39, 0.29) is 24.0 Å². The number of hydrogen-bond donors (Lipinski definition) is 3. The van der Waals surface area contributed by atoms with Gasteiger partial charge in [-0.2, -0.15) is 5.10 Å². The van der Waals surface area contributed by atoms with Gasteiger partial charge in [-0.1, -0.05) is 18.2 Å². The van der Waals surface area contributed by atoms with Crippen molar-refractivity contribution in [2.24, 2.45) is 10.7 Å². The van der Waals surface area contributed by atoms with Crippen molar-refractivity contribution in [3.8, 4) is 0 Å². The fourth-order valence-electron chi connectivity index (χ4n) is 2.20. The molecule has 126 valence electrons. The van der Waals surface area contributed by atoms with E-state index in [1.165, 1.54) is 5.56 Å². The second kappa shape index (κ2) is 10.2. The molecule has 2 aromatic rings. The summed E-state index contributed by atoms with van der Waals surface area (Å²) >= 11 is 0. The van der Waals surface area contributed by atoms with Crippen molar-refractivity contribution in [2.45, 2.75) is 26.4 Å². The minimum atomic E-state index is 0. The molecule has 0 saturated heterocycles. The van der Waals surface area contributed by atoms with Crippen LogP contribution in [0.3, 0.4) is 0 Å². The van der Waals surface area contributed by atoms with Crippen molar-refractivity contribution < 1.29 is 4.74 Å². The molecule has 0 amide bonds. The third-order valence-corrected chi connectivity index (χ3v) is 3.40. The molecule has 1 heterocycles. The van der Waals surface area contributed by atoms with Crippen molar-refractivity contribution in [2.75, 3.05) is 19.0 Å². The SMILES string of the molecule is COCc1ccccc1NC(N)=NCCCc1cn[nH]c1C.I. The van der Waals surface area contributed by atoms with Gasteiger partial charge < -0.3 is 15.8 Å². The zero-order valence-electron chi connectivity index (χ0n) is 13.5. The number of rotatable bonds is 7. The average Bonchev–Trinajstić information content (AvgIpc) is 2.91. The minimum absolute atomic E-state index is 0. The number of aromatic amines is 1. The number of nitrogens with one attached hydrogen (secondary N) is 2. The molecular weight excluding hydrogens is 405 g/mol. The van der Waals surface area contributed by atoms with Crippen molar-refractivity contribution in [1.29, 1.82) is 0 Å². The fourth-order valence-corrected chi connectivity index (χ4v) is 2.20. The Morgan fingerprint density at radius 1 is 1.35 bits per heavy atom. The summed E-state index contributed by atoms with van der Waals surface area (Å²) in [4.78, 5) is 4.36. The Morgan fingerprint density at radius 2 is 2.13 bits per heavy atom. The highest BCUT2D eigenvalue weighted by molar-refractivity contribution is 14.0. The summed E-state index contributed by atoms with van der Waals surface area (Å²) in [5.41, 5.74) is 10.3. The van der Waals surface area contributed by atoms with E-state index in [9.17, 15) is 0 Å². The van der Waals surface area contributed by atoms with E-state index in [0.717, 1.165) is 29.8 Å². The first-order valence-corrected chi connectivity index (χ1v) is 7.33. The van der Waals surface area contributed by atoms with Crippen LogP contribution in [0.25, 0.3) is 0 Å². The zero-order chi connectivity index (χ0) is 15.8. The van der Waals surface area contributed by atoms with Crippen LogP contribution in [0.15, 0.2) is 35.5 Å². The smallest absolute Gasteiger partial charge is 0.193 e. The van der Waals surface area contributed by atoms with Crippen LogP contribution in [0.5, 0.6) is 0 Å². The molecule has 4 N–H and O–H groups in total. The van der Waals surface area contributed by atoms with Gasteiger partial charge in [-0.25, -0.2) is 0 Å². The number of aryl methyl sites for hydroxylation is 2. The van der Waals surface area contributed by atoms with E-state index in [0.29, 0.717) is 19.1 Å². The molecule has 6 nitrogen and oxygen atoms in total. The number of benzene rings is 1. The number of aromatic nitrogens is 2. The van der Waals surface area contributed by atoms with Crippen LogP contribution < -0.4 is 11.1 Å². The van der Waals surface area contributed by atoms with Crippen LogP contribution in [-0.2, 0) is 17.8 Å². The van der Waals surface area contributed by atoms with Gasteiger partial charge in [0, 0.05) is 30.6 Å². The largest absolute Gasteiger partial charge is 0.380 e. The van der Waals surface area contributed by atoms with Gasteiger partial charge in [0.1, 0.15) is 0 Å². The Morgan fingerprint density at radius 3 is 2.83 bits per heavy atom. The molecule has 0 fully saturated rings. The number of H-pyrrole nitrogens is 1. The lowest BCUT2D eigenvalue weighted by Crippen LogP contribution is -2.23. The Hall–Kier alpha value is -1.61. The second-order valence-corrected chi connectivity index (χ2v) is 5.11. The number of para-hydroxylation sites is 1. The predicted molar refractivity (Wildman–Crippen MR) is 104 cm³/mol. The predicted octanol–water partition coefficient (Wildman–Crippen LogP) is 2.84. The van der Waals surface area contributed by atoms with E-state index in [1.807, 2.05) is 37.4 Å². The number of nitrogens with two attached hydrogens (primary N) is 1. The van der Waals surface area contributed by atoms with Crippen LogP contribution >= 0.6 is 24.0 Å². The summed E-state index contributed by atoms with van der Waals surface area (Å²) in [6, 6.07) is 7.89. The van der Waals surface area contributed by atoms with Crippen LogP contribution in [0.4, 0.5) is 5.69 Å². The van der Waals surface area contributed by atoms with Crippen LogP contribution in [0.1, 0.15) is 23.2 Å². The van der Waals surface area contributed by atoms with Gasteiger partial charge in [0.25, 0.3) is 0 Å². The number of guanidine groups is 1. The number of methoxy groups -OCH3 is 1. The molecule has 0 aliphatic heterocycles. The molecule has 0 saturated carbocycles. The van der Waals surface area contributed by atoms with Gasteiger partial charge in [-0.05, 0) is 31.4 Å². The Balaban J connectivity index is 0.00000264. The van der Waals surface area contributed by atoms with E-state index in [4.69, 9.17) is 10.5 Å². The standard InChI is InChI=1S/C16H23N5O.HI/c1-12-13(10-19-21-12)7-5-9-18-16(17)20-15-8-4-3-6-14(15)11-22-2;/h3-4,6,8,10H,5,7,9,11H2,1-2H3,(H,19,21)(H3,17,18,20);1H. The molecule has 0 aliphatic rings. The monoisotopic (exact) mass is 429 g/mol. The second-order valence-electron chi connectivity index (χ2n) is 5.11. The number of hydrogen-bond acceptors (Lipinski definition) is 3. The Labute approximate surface area is 153 Å². The summed E-state index contributed by atoms with van der Waals surface area (Å²) in [6.45, 7) is 3.24. The maximum Gasteiger partial charge on any atom is 0.193 e.